The van der Waals surface area contributed by atoms with Crippen LogP contribution in [-0.4, -0.2) is 67.7 Å². The first-order valence-corrected chi connectivity index (χ1v) is 7.53. The van der Waals surface area contributed by atoms with Gasteiger partial charge in [-0.15, -0.1) is 0 Å². The second kappa shape index (κ2) is 7.10. The highest BCUT2D eigenvalue weighted by Gasteiger charge is 2.21. The normalized spacial score (nSPS) is 27.0. The van der Waals surface area contributed by atoms with Gasteiger partial charge in [0.15, 0.2) is 5.96 Å². The number of nitrogens with zero attached hydrogens (tertiary/aromatic N) is 3. The minimum atomic E-state index is 0.642. The number of ether oxygens (including phenoxy) is 1. The van der Waals surface area contributed by atoms with Crippen molar-refractivity contribution in [1.29, 1.82) is 0 Å². The third-order valence-electron chi connectivity index (χ3n) is 4.13. The molecule has 0 saturated carbocycles. The van der Waals surface area contributed by atoms with Crippen LogP contribution in [0.1, 0.15) is 26.7 Å². The van der Waals surface area contributed by atoms with Gasteiger partial charge in [0.2, 0.25) is 0 Å². The van der Waals surface area contributed by atoms with Crippen molar-refractivity contribution in [3.8, 4) is 0 Å². The van der Waals surface area contributed by atoms with Crippen molar-refractivity contribution in [3.05, 3.63) is 0 Å². The Labute approximate surface area is 116 Å². The predicted molar refractivity (Wildman–Crippen MR) is 78.3 cm³/mol. The number of guanidine groups is 1. The topological polar surface area (TPSA) is 54.1 Å². The van der Waals surface area contributed by atoms with Crippen LogP contribution in [0, 0.1) is 5.92 Å². The average molecular weight is 268 g/mol. The third kappa shape index (κ3) is 4.35. The van der Waals surface area contributed by atoms with Crippen molar-refractivity contribution < 1.29 is 4.74 Å². The Morgan fingerprint density at radius 1 is 1.32 bits per heavy atom. The molecule has 1 atom stereocenters. The van der Waals surface area contributed by atoms with Gasteiger partial charge in [-0.3, -0.25) is 4.99 Å². The molecule has 0 aromatic heterocycles. The molecule has 0 amide bonds. The SMILES string of the molecule is CC(C)N1CCCC(CN=C(N)N2CCOCC2)C1. The summed E-state index contributed by atoms with van der Waals surface area (Å²) in [6, 6.07) is 0.642. The molecule has 0 bridgehead atoms. The molecule has 110 valence electrons. The summed E-state index contributed by atoms with van der Waals surface area (Å²) >= 11 is 0. The number of nitrogens with two attached hydrogens (primary N) is 1. The van der Waals surface area contributed by atoms with Crippen LogP contribution < -0.4 is 5.73 Å². The smallest absolute Gasteiger partial charge is 0.191 e. The quantitative estimate of drug-likeness (QED) is 0.606. The van der Waals surface area contributed by atoms with Crippen LogP contribution in [0.15, 0.2) is 4.99 Å². The molecule has 0 aromatic rings. The number of likely N-dealkylation sites (tertiary alicyclic amines) is 1. The van der Waals surface area contributed by atoms with Gasteiger partial charge in [0.1, 0.15) is 0 Å². The van der Waals surface area contributed by atoms with Gasteiger partial charge in [-0.05, 0) is 39.2 Å². The summed E-state index contributed by atoms with van der Waals surface area (Å²) in [5, 5.41) is 0. The molecule has 0 spiro atoms. The molecule has 0 aromatic carbocycles. The van der Waals surface area contributed by atoms with Crippen LogP contribution in [0.25, 0.3) is 0 Å². The zero-order valence-electron chi connectivity index (χ0n) is 12.3. The Balaban J connectivity index is 1.79. The van der Waals surface area contributed by atoms with E-state index in [-0.39, 0.29) is 0 Å². The molecule has 0 radical (unpaired) electrons. The molecule has 1 unspecified atom stereocenters. The maximum Gasteiger partial charge on any atom is 0.191 e. The maximum atomic E-state index is 6.07. The molecule has 0 aliphatic carbocycles. The summed E-state index contributed by atoms with van der Waals surface area (Å²) in [7, 11) is 0. The lowest BCUT2D eigenvalue weighted by Gasteiger charge is -2.35. The van der Waals surface area contributed by atoms with E-state index < -0.39 is 0 Å². The van der Waals surface area contributed by atoms with Crippen LogP contribution >= 0.6 is 0 Å². The van der Waals surface area contributed by atoms with Gasteiger partial charge < -0.3 is 20.3 Å². The standard InChI is InChI=1S/C14H28N4O/c1-12(2)18-5-3-4-13(11-18)10-16-14(15)17-6-8-19-9-7-17/h12-13H,3-11H2,1-2H3,(H2,15,16). The van der Waals surface area contributed by atoms with Gasteiger partial charge in [0, 0.05) is 32.2 Å². The monoisotopic (exact) mass is 268 g/mol. The number of rotatable bonds is 3. The summed E-state index contributed by atoms with van der Waals surface area (Å²) in [5.74, 6) is 1.36. The predicted octanol–water partition coefficient (Wildman–Crippen LogP) is 0.754. The van der Waals surface area contributed by atoms with Crippen molar-refractivity contribution in [2.75, 3.05) is 45.9 Å². The molecule has 19 heavy (non-hydrogen) atoms. The van der Waals surface area contributed by atoms with E-state index in [2.05, 4.69) is 28.6 Å². The van der Waals surface area contributed by atoms with E-state index in [1.54, 1.807) is 0 Å². The summed E-state index contributed by atoms with van der Waals surface area (Å²) in [6.45, 7) is 11.1. The summed E-state index contributed by atoms with van der Waals surface area (Å²) in [6.07, 6.45) is 2.57. The summed E-state index contributed by atoms with van der Waals surface area (Å²) in [4.78, 5) is 9.29. The number of morpholine rings is 1. The number of hydrogen-bond donors (Lipinski definition) is 1. The molecule has 2 rings (SSSR count). The van der Waals surface area contributed by atoms with E-state index in [4.69, 9.17) is 10.5 Å². The van der Waals surface area contributed by atoms with E-state index in [9.17, 15) is 0 Å². The molecule has 5 nitrogen and oxygen atoms in total. The zero-order valence-corrected chi connectivity index (χ0v) is 12.3. The Morgan fingerprint density at radius 2 is 2.05 bits per heavy atom. The fourth-order valence-corrected chi connectivity index (χ4v) is 2.83. The van der Waals surface area contributed by atoms with Gasteiger partial charge in [0.05, 0.1) is 13.2 Å². The summed E-state index contributed by atoms with van der Waals surface area (Å²) in [5.41, 5.74) is 6.07. The Hall–Kier alpha value is -0.810. The first-order chi connectivity index (χ1) is 9.16. The van der Waals surface area contributed by atoms with Gasteiger partial charge in [0.25, 0.3) is 0 Å². The average Bonchev–Trinajstić information content (AvgIpc) is 2.46. The van der Waals surface area contributed by atoms with E-state index >= 15 is 0 Å². The molecule has 2 fully saturated rings. The lowest BCUT2D eigenvalue weighted by Crippen LogP contribution is -2.45. The molecule has 2 aliphatic rings. The van der Waals surface area contributed by atoms with Crippen molar-refractivity contribution in [1.82, 2.24) is 9.80 Å². The molecule has 2 N–H and O–H groups in total. The fraction of sp³-hybridized carbons (Fsp3) is 0.929. The highest BCUT2D eigenvalue weighted by atomic mass is 16.5. The molecule has 2 aliphatic heterocycles. The lowest BCUT2D eigenvalue weighted by atomic mass is 9.97. The van der Waals surface area contributed by atoms with Crippen LogP contribution in [0.4, 0.5) is 0 Å². The fourth-order valence-electron chi connectivity index (χ4n) is 2.83. The van der Waals surface area contributed by atoms with Crippen molar-refractivity contribution in [3.63, 3.8) is 0 Å². The highest BCUT2D eigenvalue weighted by molar-refractivity contribution is 5.78. The zero-order chi connectivity index (χ0) is 13.7. The van der Waals surface area contributed by atoms with Crippen LogP contribution in [0.3, 0.4) is 0 Å². The van der Waals surface area contributed by atoms with Crippen LogP contribution in [0.2, 0.25) is 0 Å². The van der Waals surface area contributed by atoms with E-state index in [0.717, 1.165) is 39.4 Å². The lowest BCUT2D eigenvalue weighted by molar-refractivity contribution is 0.0673. The number of piperidine rings is 1. The highest BCUT2D eigenvalue weighted by Crippen LogP contribution is 2.18. The number of aliphatic imine (C=N–C) groups is 1. The first-order valence-electron chi connectivity index (χ1n) is 7.53. The minimum absolute atomic E-state index is 0.642. The Morgan fingerprint density at radius 3 is 2.74 bits per heavy atom. The first kappa shape index (κ1) is 14.6. The van der Waals surface area contributed by atoms with Crippen LogP contribution in [-0.2, 0) is 4.74 Å². The maximum absolute atomic E-state index is 6.07. The Kier molecular flexibility index (Phi) is 5.45. The molecule has 5 heteroatoms. The second-order valence-electron chi connectivity index (χ2n) is 5.90. The number of hydrogen-bond acceptors (Lipinski definition) is 3. The summed E-state index contributed by atoms with van der Waals surface area (Å²) < 4.78 is 5.33. The Bertz CT molecular complexity index is 300. The van der Waals surface area contributed by atoms with Gasteiger partial charge >= 0.3 is 0 Å². The van der Waals surface area contributed by atoms with Crippen LogP contribution in [0.5, 0.6) is 0 Å². The molecule has 2 saturated heterocycles. The van der Waals surface area contributed by atoms with E-state index in [1.807, 2.05) is 0 Å². The largest absolute Gasteiger partial charge is 0.378 e. The van der Waals surface area contributed by atoms with Crippen molar-refractivity contribution in [2.24, 2.45) is 16.6 Å². The minimum Gasteiger partial charge on any atom is -0.378 e. The van der Waals surface area contributed by atoms with Gasteiger partial charge in [-0.25, -0.2) is 0 Å². The van der Waals surface area contributed by atoms with Gasteiger partial charge in [-0.1, -0.05) is 0 Å². The molecular formula is C14H28N4O. The van der Waals surface area contributed by atoms with E-state index in [0.29, 0.717) is 17.9 Å². The third-order valence-corrected chi connectivity index (χ3v) is 4.13. The molecular weight excluding hydrogens is 240 g/mol. The van der Waals surface area contributed by atoms with Crippen molar-refractivity contribution in [2.45, 2.75) is 32.7 Å². The van der Waals surface area contributed by atoms with Gasteiger partial charge in [-0.2, -0.15) is 0 Å². The van der Waals surface area contributed by atoms with E-state index in [1.165, 1.54) is 19.4 Å². The second-order valence-corrected chi connectivity index (χ2v) is 5.90. The van der Waals surface area contributed by atoms with Crippen molar-refractivity contribution >= 4 is 5.96 Å². The molecule has 2 heterocycles.